The van der Waals surface area contributed by atoms with Gasteiger partial charge in [-0.05, 0) is 83.0 Å². The van der Waals surface area contributed by atoms with Crippen LogP contribution in [0.1, 0.15) is 85.0 Å². The van der Waals surface area contributed by atoms with Crippen molar-refractivity contribution in [3.63, 3.8) is 0 Å². The second kappa shape index (κ2) is 9.08. The monoisotopic (exact) mass is 476 g/mol. The van der Waals surface area contributed by atoms with Gasteiger partial charge in [-0.25, -0.2) is 4.79 Å². The normalized spacial score (nSPS) is 37.5. The first kappa shape index (κ1) is 24.6. The Morgan fingerprint density at radius 2 is 1.47 bits per heavy atom. The van der Waals surface area contributed by atoms with Crippen LogP contribution in [0.2, 0.25) is 0 Å². The summed E-state index contributed by atoms with van der Waals surface area (Å²) in [6, 6.07) is 0. The van der Waals surface area contributed by atoms with E-state index in [1.807, 2.05) is 0 Å². The molecule has 6 rings (SSSR count). The molecule has 2 unspecified atom stereocenters. The molecule has 0 aromatic rings. The summed E-state index contributed by atoms with van der Waals surface area (Å²) in [5.41, 5.74) is 0.584. The molecular weight excluding hydrogens is 432 g/mol. The number of hydrogen-bond donors (Lipinski definition) is 1. The van der Waals surface area contributed by atoms with Gasteiger partial charge in [0, 0.05) is 22.9 Å². The average Bonchev–Trinajstić information content (AvgIpc) is 2.73. The molecule has 2 atom stereocenters. The van der Waals surface area contributed by atoms with E-state index in [-0.39, 0.29) is 16.4 Å². The Morgan fingerprint density at radius 1 is 0.912 bits per heavy atom. The SMILES string of the molecule is CCC1(CCOC(=C(C)C(=O)O)C23CC4CC(CC(OCCC5(CC)COC5)(C4)C2)C3)COC1. The van der Waals surface area contributed by atoms with Crippen molar-refractivity contribution in [3.05, 3.63) is 11.3 Å². The molecule has 0 aromatic carbocycles. The fourth-order valence-corrected chi connectivity index (χ4v) is 8.05. The van der Waals surface area contributed by atoms with Gasteiger partial charge in [-0.15, -0.1) is 0 Å². The summed E-state index contributed by atoms with van der Waals surface area (Å²) in [4.78, 5) is 12.2. The van der Waals surface area contributed by atoms with Crippen LogP contribution < -0.4 is 0 Å². The largest absolute Gasteiger partial charge is 0.497 e. The second-order valence-electron chi connectivity index (χ2n) is 12.6. The molecule has 6 heteroatoms. The highest BCUT2D eigenvalue weighted by atomic mass is 16.5. The Hall–Kier alpha value is -1.11. The van der Waals surface area contributed by atoms with E-state index in [1.165, 1.54) is 6.42 Å². The molecule has 2 heterocycles. The van der Waals surface area contributed by atoms with Gasteiger partial charge in [-0.1, -0.05) is 13.8 Å². The van der Waals surface area contributed by atoms with Crippen LogP contribution in [0.15, 0.2) is 11.3 Å². The van der Waals surface area contributed by atoms with Crippen LogP contribution in [0, 0.1) is 28.1 Å². The third-order valence-corrected chi connectivity index (χ3v) is 10.2. The number of ether oxygens (including phenoxy) is 4. The van der Waals surface area contributed by atoms with E-state index in [9.17, 15) is 9.90 Å². The maximum absolute atomic E-state index is 12.2. The Balaban J connectivity index is 1.32. The van der Waals surface area contributed by atoms with E-state index < -0.39 is 5.97 Å². The number of allylic oxidation sites excluding steroid dienone is 1. The molecule has 6 nitrogen and oxygen atoms in total. The Bertz CT molecular complexity index is 783. The standard InChI is InChI=1S/C28H44O6/c1-4-25(16-31-17-25)6-8-33-23(20(3)24(29)30)27-11-21-10-22(12-27)14-28(13-21,15-27)34-9-7-26(5-2)18-32-19-26/h21-22H,4-19H2,1-3H3,(H,29,30). The van der Waals surface area contributed by atoms with Gasteiger partial charge in [0.2, 0.25) is 0 Å². The summed E-state index contributed by atoms with van der Waals surface area (Å²) in [7, 11) is 0. The fourth-order valence-electron chi connectivity index (χ4n) is 8.05. The predicted molar refractivity (Wildman–Crippen MR) is 128 cm³/mol. The fraction of sp³-hybridized carbons (Fsp3) is 0.893. The predicted octanol–water partition coefficient (Wildman–Crippen LogP) is 5.35. The Morgan fingerprint density at radius 3 is 1.94 bits per heavy atom. The zero-order valence-corrected chi connectivity index (χ0v) is 21.5. The molecule has 0 amide bonds. The first-order valence-electron chi connectivity index (χ1n) is 13.6. The minimum Gasteiger partial charge on any atom is -0.497 e. The number of carboxylic acids is 1. The molecule has 1 N–H and O–H groups in total. The lowest BCUT2D eigenvalue weighted by molar-refractivity contribution is -0.204. The smallest absolute Gasteiger partial charge is 0.334 e. The molecule has 0 radical (unpaired) electrons. The van der Waals surface area contributed by atoms with Gasteiger partial charge < -0.3 is 24.1 Å². The average molecular weight is 477 g/mol. The summed E-state index contributed by atoms with van der Waals surface area (Å²) in [6.45, 7) is 10.9. The van der Waals surface area contributed by atoms with Crippen LogP contribution in [0.4, 0.5) is 0 Å². The van der Waals surface area contributed by atoms with Crippen molar-refractivity contribution in [1.29, 1.82) is 0 Å². The Kier molecular flexibility index (Phi) is 6.56. The van der Waals surface area contributed by atoms with Gasteiger partial charge in [-0.2, -0.15) is 0 Å². The molecule has 0 spiro atoms. The molecule has 6 fully saturated rings. The summed E-state index contributed by atoms with van der Waals surface area (Å²) in [5, 5.41) is 9.97. The summed E-state index contributed by atoms with van der Waals surface area (Å²) in [6.07, 6.45) is 10.7. The lowest BCUT2D eigenvalue weighted by atomic mass is 9.47. The van der Waals surface area contributed by atoms with Gasteiger partial charge in [0.1, 0.15) is 5.76 Å². The molecule has 34 heavy (non-hydrogen) atoms. The highest BCUT2D eigenvalue weighted by molar-refractivity contribution is 5.86. The zero-order chi connectivity index (χ0) is 24.0. The van der Waals surface area contributed by atoms with Crippen molar-refractivity contribution in [2.24, 2.45) is 28.1 Å². The van der Waals surface area contributed by atoms with E-state index >= 15 is 0 Å². The molecule has 4 bridgehead atoms. The molecule has 2 saturated heterocycles. The van der Waals surface area contributed by atoms with Gasteiger partial charge in [0.05, 0.1) is 44.2 Å². The molecule has 4 aliphatic carbocycles. The summed E-state index contributed by atoms with van der Waals surface area (Å²) < 4.78 is 24.3. The van der Waals surface area contributed by atoms with Crippen molar-refractivity contribution in [2.75, 3.05) is 39.6 Å². The van der Waals surface area contributed by atoms with Gasteiger partial charge >= 0.3 is 5.97 Å². The minimum absolute atomic E-state index is 0.122. The van der Waals surface area contributed by atoms with Crippen LogP contribution in [0.3, 0.4) is 0 Å². The lowest BCUT2D eigenvalue weighted by Crippen LogP contribution is -2.58. The first-order chi connectivity index (χ1) is 16.3. The molecular formula is C28H44O6. The highest BCUT2D eigenvalue weighted by Gasteiger charge is 2.61. The topological polar surface area (TPSA) is 74.2 Å². The second-order valence-corrected chi connectivity index (χ2v) is 12.6. The Labute approximate surface area is 204 Å². The lowest BCUT2D eigenvalue weighted by Gasteiger charge is -2.62. The molecule has 192 valence electrons. The van der Waals surface area contributed by atoms with Crippen molar-refractivity contribution in [2.45, 2.75) is 90.6 Å². The van der Waals surface area contributed by atoms with Gasteiger partial charge in [0.15, 0.2) is 0 Å². The molecule has 2 aliphatic heterocycles. The maximum Gasteiger partial charge on any atom is 0.334 e. The van der Waals surface area contributed by atoms with E-state index in [2.05, 4.69) is 13.8 Å². The minimum atomic E-state index is -0.854. The summed E-state index contributed by atoms with van der Waals surface area (Å²) >= 11 is 0. The number of aliphatic carboxylic acids is 1. The molecule has 0 aromatic heterocycles. The van der Waals surface area contributed by atoms with Crippen LogP contribution in [0.25, 0.3) is 0 Å². The van der Waals surface area contributed by atoms with Crippen LogP contribution >= 0.6 is 0 Å². The van der Waals surface area contributed by atoms with E-state index in [4.69, 9.17) is 18.9 Å². The third kappa shape index (κ3) is 4.32. The quantitative estimate of drug-likeness (QED) is 0.302. The van der Waals surface area contributed by atoms with Crippen molar-refractivity contribution >= 4 is 5.97 Å². The van der Waals surface area contributed by atoms with E-state index in [0.29, 0.717) is 29.4 Å². The van der Waals surface area contributed by atoms with Crippen LogP contribution in [0.5, 0.6) is 0 Å². The number of carbonyl (C=O) groups is 1. The van der Waals surface area contributed by atoms with E-state index in [1.54, 1.807) is 6.92 Å². The third-order valence-electron chi connectivity index (χ3n) is 10.2. The summed E-state index contributed by atoms with van der Waals surface area (Å²) in [5.74, 6) is 1.12. The maximum atomic E-state index is 12.2. The number of rotatable bonds is 12. The van der Waals surface area contributed by atoms with Gasteiger partial charge in [-0.3, -0.25) is 0 Å². The number of hydrogen-bond acceptors (Lipinski definition) is 5. The van der Waals surface area contributed by atoms with Crippen LogP contribution in [-0.4, -0.2) is 56.3 Å². The van der Waals surface area contributed by atoms with Gasteiger partial charge in [0.25, 0.3) is 0 Å². The first-order valence-corrected chi connectivity index (χ1v) is 13.6. The van der Waals surface area contributed by atoms with Crippen molar-refractivity contribution in [3.8, 4) is 0 Å². The van der Waals surface area contributed by atoms with Crippen LogP contribution in [-0.2, 0) is 23.7 Å². The van der Waals surface area contributed by atoms with E-state index in [0.717, 1.165) is 96.6 Å². The molecule has 4 saturated carbocycles. The number of carboxylic acid groups (broad SMARTS) is 1. The van der Waals surface area contributed by atoms with Crippen molar-refractivity contribution in [1.82, 2.24) is 0 Å². The van der Waals surface area contributed by atoms with Crippen molar-refractivity contribution < 1.29 is 28.8 Å². The zero-order valence-electron chi connectivity index (χ0n) is 21.5. The highest BCUT2D eigenvalue weighted by Crippen LogP contribution is 2.65. The molecule has 6 aliphatic rings.